The van der Waals surface area contributed by atoms with Gasteiger partial charge in [-0.2, -0.15) is 4.98 Å². The summed E-state index contributed by atoms with van der Waals surface area (Å²) < 4.78 is 4.99. The first-order valence-electron chi connectivity index (χ1n) is 5.97. The molecule has 96 valence electrons. The standard InChI is InChI=1S/C12H22N4O/c1-9(2)14-12-15-10(3)8-11(16-12)13-6-5-7-17-4/h8-9H,5-7H2,1-4H3,(H2,13,14,15,16). The van der Waals surface area contributed by atoms with Crippen molar-refractivity contribution in [3.8, 4) is 0 Å². The second kappa shape index (κ2) is 7.06. The molecule has 1 aromatic heterocycles. The van der Waals surface area contributed by atoms with Crippen molar-refractivity contribution in [3.63, 3.8) is 0 Å². The number of rotatable bonds is 7. The van der Waals surface area contributed by atoms with Crippen LogP contribution in [0.1, 0.15) is 26.0 Å². The van der Waals surface area contributed by atoms with Crippen molar-refractivity contribution >= 4 is 11.8 Å². The molecule has 0 aromatic carbocycles. The number of ether oxygens (including phenoxy) is 1. The van der Waals surface area contributed by atoms with Crippen LogP contribution in [0.2, 0.25) is 0 Å². The highest BCUT2D eigenvalue weighted by molar-refractivity contribution is 5.42. The number of nitrogens with one attached hydrogen (secondary N) is 2. The van der Waals surface area contributed by atoms with Gasteiger partial charge in [0.25, 0.3) is 0 Å². The van der Waals surface area contributed by atoms with Crippen LogP contribution in [0.3, 0.4) is 0 Å². The maximum Gasteiger partial charge on any atom is 0.225 e. The van der Waals surface area contributed by atoms with Gasteiger partial charge in [0.1, 0.15) is 5.82 Å². The molecule has 1 heterocycles. The third-order valence-electron chi connectivity index (χ3n) is 2.10. The number of aryl methyl sites for hydroxylation is 1. The number of aromatic nitrogens is 2. The van der Waals surface area contributed by atoms with E-state index in [1.165, 1.54) is 0 Å². The van der Waals surface area contributed by atoms with Crippen molar-refractivity contribution in [2.24, 2.45) is 0 Å². The number of anilines is 2. The van der Waals surface area contributed by atoms with E-state index in [0.717, 1.165) is 31.1 Å². The Morgan fingerprint density at radius 3 is 2.76 bits per heavy atom. The largest absolute Gasteiger partial charge is 0.385 e. The number of hydrogen-bond donors (Lipinski definition) is 2. The van der Waals surface area contributed by atoms with E-state index < -0.39 is 0 Å². The van der Waals surface area contributed by atoms with Crippen LogP contribution in [0.5, 0.6) is 0 Å². The third kappa shape index (κ3) is 5.49. The summed E-state index contributed by atoms with van der Waals surface area (Å²) in [6, 6.07) is 2.27. The minimum atomic E-state index is 0.332. The number of hydrogen-bond acceptors (Lipinski definition) is 5. The van der Waals surface area contributed by atoms with Crippen LogP contribution in [-0.2, 0) is 4.74 Å². The minimum absolute atomic E-state index is 0.332. The van der Waals surface area contributed by atoms with Gasteiger partial charge < -0.3 is 15.4 Å². The molecule has 2 N–H and O–H groups in total. The molecular weight excluding hydrogens is 216 g/mol. The summed E-state index contributed by atoms with van der Waals surface area (Å²) in [6.07, 6.45) is 0.965. The highest BCUT2D eigenvalue weighted by atomic mass is 16.5. The van der Waals surface area contributed by atoms with Gasteiger partial charge in [0, 0.05) is 38.1 Å². The van der Waals surface area contributed by atoms with E-state index in [9.17, 15) is 0 Å². The summed E-state index contributed by atoms with van der Waals surface area (Å²) in [6.45, 7) is 7.71. The first kappa shape index (κ1) is 13.7. The Morgan fingerprint density at radius 2 is 2.12 bits per heavy atom. The van der Waals surface area contributed by atoms with Crippen molar-refractivity contribution in [2.45, 2.75) is 33.2 Å². The van der Waals surface area contributed by atoms with Crippen molar-refractivity contribution in [1.29, 1.82) is 0 Å². The second-order valence-electron chi connectivity index (χ2n) is 4.29. The van der Waals surface area contributed by atoms with Gasteiger partial charge in [-0.05, 0) is 27.2 Å². The Kier molecular flexibility index (Phi) is 5.69. The smallest absolute Gasteiger partial charge is 0.225 e. The van der Waals surface area contributed by atoms with Crippen LogP contribution in [0.15, 0.2) is 6.07 Å². The Balaban J connectivity index is 2.56. The molecule has 0 radical (unpaired) electrons. The normalized spacial score (nSPS) is 10.6. The summed E-state index contributed by atoms with van der Waals surface area (Å²) in [5.41, 5.74) is 0.956. The van der Waals surface area contributed by atoms with Crippen molar-refractivity contribution in [1.82, 2.24) is 9.97 Å². The lowest BCUT2D eigenvalue weighted by molar-refractivity contribution is 0.198. The average molecular weight is 238 g/mol. The van der Waals surface area contributed by atoms with Crippen molar-refractivity contribution in [3.05, 3.63) is 11.8 Å². The van der Waals surface area contributed by atoms with Crippen LogP contribution in [0.4, 0.5) is 11.8 Å². The molecule has 0 aliphatic heterocycles. The van der Waals surface area contributed by atoms with Gasteiger partial charge in [0.05, 0.1) is 0 Å². The summed E-state index contributed by atoms with van der Waals surface area (Å²) >= 11 is 0. The van der Waals surface area contributed by atoms with Crippen molar-refractivity contribution < 1.29 is 4.74 Å². The zero-order chi connectivity index (χ0) is 12.7. The Hall–Kier alpha value is -1.36. The summed E-state index contributed by atoms with van der Waals surface area (Å²) in [4.78, 5) is 8.73. The molecule has 1 rings (SSSR count). The molecule has 0 fully saturated rings. The maximum absolute atomic E-state index is 4.99. The summed E-state index contributed by atoms with van der Waals surface area (Å²) in [5.74, 6) is 1.53. The van der Waals surface area contributed by atoms with Crippen LogP contribution < -0.4 is 10.6 Å². The van der Waals surface area contributed by atoms with Crippen LogP contribution in [0, 0.1) is 6.92 Å². The highest BCUT2D eigenvalue weighted by Gasteiger charge is 2.02. The summed E-state index contributed by atoms with van der Waals surface area (Å²) in [7, 11) is 1.71. The Morgan fingerprint density at radius 1 is 1.35 bits per heavy atom. The fraction of sp³-hybridized carbons (Fsp3) is 0.667. The highest BCUT2D eigenvalue weighted by Crippen LogP contribution is 2.10. The molecule has 1 aromatic rings. The van der Waals surface area contributed by atoms with Gasteiger partial charge in [-0.1, -0.05) is 0 Å². The van der Waals surface area contributed by atoms with E-state index >= 15 is 0 Å². The van der Waals surface area contributed by atoms with Gasteiger partial charge in [-0.3, -0.25) is 0 Å². The molecule has 0 saturated heterocycles. The molecule has 17 heavy (non-hydrogen) atoms. The van der Waals surface area contributed by atoms with Gasteiger partial charge in [-0.15, -0.1) is 0 Å². The quantitative estimate of drug-likeness (QED) is 0.712. The molecular formula is C12H22N4O. The molecule has 0 unspecified atom stereocenters. The fourth-order valence-corrected chi connectivity index (χ4v) is 1.41. The predicted octanol–water partition coefficient (Wildman–Crippen LogP) is 2.05. The zero-order valence-electron chi connectivity index (χ0n) is 11.1. The van der Waals surface area contributed by atoms with Crippen LogP contribution in [0.25, 0.3) is 0 Å². The van der Waals surface area contributed by atoms with Gasteiger partial charge in [0.15, 0.2) is 0 Å². The van der Waals surface area contributed by atoms with E-state index in [2.05, 4.69) is 34.4 Å². The lowest BCUT2D eigenvalue weighted by atomic mass is 10.4. The topological polar surface area (TPSA) is 59.1 Å². The molecule has 0 amide bonds. The first-order valence-corrected chi connectivity index (χ1v) is 5.97. The number of nitrogens with zero attached hydrogens (tertiary/aromatic N) is 2. The monoisotopic (exact) mass is 238 g/mol. The van der Waals surface area contributed by atoms with E-state index in [1.54, 1.807) is 7.11 Å². The predicted molar refractivity (Wildman–Crippen MR) is 70.5 cm³/mol. The molecule has 5 heteroatoms. The lowest BCUT2D eigenvalue weighted by Crippen LogP contribution is -2.14. The SMILES string of the molecule is COCCCNc1cc(C)nc(NC(C)C)n1. The summed E-state index contributed by atoms with van der Waals surface area (Å²) in [5, 5.41) is 6.46. The van der Waals surface area contributed by atoms with E-state index in [4.69, 9.17) is 4.74 Å². The maximum atomic E-state index is 4.99. The molecule has 0 spiro atoms. The Labute approximate surface area is 103 Å². The van der Waals surface area contributed by atoms with Gasteiger partial charge >= 0.3 is 0 Å². The van der Waals surface area contributed by atoms with Crippen LogP contribution >= 0.6 is 0 Å². The zero-order valence-corrected chi connectivity index (χ0v) is 11.1. The van der Waals surface area contributed by atoms with E-state index in [0.29, 0.717) is 12.0 Å². The van der Waals surface area contributed by atoms with Gasteiger partial charge in [-0.25, -0.2) is 4.98 Å². The molecule has 5 nitrogen and oxygen atoms in total. The van der Waals surface area contributed by atoms with Crippen molar-refractivity contribution in [2.75, 3.05) is 30.9 Å². The first-order chi connectivity index (χ1) is 8.11. The fourth-order valence-electron chi connectivity index (χ4n) is 1.41. The van der Waals surface area contributed by atoms with Gasteiger partial charge in [0.2, 0.25) is 5.95 Å². The second-order valence-corrected chi connectivity index (χ2v) is 4.29. The lowest BCUT2D eigenvalue weighted by Gasteiger charge is -2.11. The molecule has 0 saturated carbocycles. The molecule has 0 bridgehead atoms. The van der Waals surface area contributed by atoms with E-state index in [-0.39, 0.29) is 0 Å². The molecule has 0 aliphatic rings. The van der Waals surface area contributed by atoms with E-state index in [1.807, 2.05) is 13.0 Å². The minimum Gasteiger partial charge on any atom is -0.385 e. The molecule has 0 atom stereocenters. The molecule has 0 aliphatic carbocycles. The van der Waals surface area contributed by atoms with Crippen LogP contribution in [-0.4, -0.2) is 36.3 Å². The third-order valence-corrected chi connectivity index (χ3v) is 2.10. The number of methoxy groups -OCH3 is 1. The Bertz CT molecular complexity index is 341. The average Bonchev–Trinajstić information content (AvgIpc) is 2.22.